The second-order valence-corrected chi connectivity index (χ2v) is 7.03. The summed E-state index contributed by atoms with van der Waals surface area (Å²) in [6.07, 6.45) is 19.3. The molecule has 0 saturated heterocycles. The monoisotopic (exact) mass is 507 g/mol. The van der Waals surface area contributed by atoms with Gasteiger partial charge in [-0.2, -0.15) is 0 Å². The largest absolute Gasteiger partial charge is 0.103 e. The zero-order chi connectivity index (χ0) is 22.3. The van der Waals surface area contributed by atoms with Gasteiger partial charge >= 0.3 is 0 Å². The fourth-order valence-electron chi connectivity index (χ4n) is 1.34. The summed E-state index contributed by atoms with van der Waals surface area (Å²) in [5.74, 6) is 1.71. The van der Waals surface area contributed by atoms with Crippen molar-refractivity contribution in [2.24, 2.45) is 11.8 Å². The smallest absolute Gasteiger partial charge is 0.0353 e. The van der Waals surface area contributed by atoms with E-state index in [4.69, 9.17) is 0 Å². The van der Waals surface area contributed by atoms with Crippen molar-refractivity contribution in [1.29, 1.82) is 0 Å². The molecule has 0 unspecified atom stereocenters. The lowest BCUT2D eigenvalue weighted by atomic mass is 10.1. The molecule has 35 heavy (non-hydrogen) atoms. The Balaban J connectivity index is -0.0000000155. The van der Waals surface area contributed by atoms with Gasteiger partial charge < -0.3 is 0 Å². The molecule has 0 aliphatic carbocycles. The zero-order valence-electron chi connectivity index (χ0n) is 20.2. The first-order valence-electron chi connectivity index (χ1n) is 10.8. The van der Waals surface area contributed by atoms with Gasteiger partial charge in [0.05, 0.1) is 0 Å². The average Bonchev–Trinajstić information content (AvgIpc) is 2.63. The molecule has 0 spiro atoms. The minimum absolute atomic E-state index is 0. The van der Waals surface area contributed by atoms with E-state index >= 15 is 0 Å². The molecule has 0 aromatic heterocycles. The van der Waals surface area contributed by atoms with E-state index in [0.717, 1.165) is 24.7 Å². The fourth-order valence-corrected chi connectivity index (χ4v) is 1.34. The Bertz CT molecular complexity index is 242. The van der Waals surface area contributed by atoms with Crippen LogP contribution in [0, 0.1) is 11.8 Å². The van der Waals surface area contributed by atoms with Crippen LogP contribution in [0.2, 0.25) is 0 Å². The molecule has 226 valence electrons. The molecule has 0 rings (SSSR count). The first-order valence-corrected chi connectivity index (χ1v) is 10.8. The topological polar surface area (TPSA) is 0 Å². The van der Waals surface area contributed by atoms with Gasteiger partial charge in [-0.15, -0.1) is 32.9 Å². The summed E-state index contributed by atoms with van der Waals surface area (Å²) in [6.45, 7) is 32.7. The molecular weight excluding hydrogens is 420 g/mol. The minimum atomic E-state index is 0. The van der Waals surface area contributed by atoms with Gasteiger partial charge in [-0.05, 0) is 57.3 Å². The fraction of sp³-hybridized carbons (Fsp3) is 0.714. The highest BCUT2D eigenvalue weighted by Gasteiger charge is 1.90. The maximum Gasteiger partial charge on any atom is -0.0353 e. The van der Waals surface area contributed by atoms with Crippen molar-refractivity contribution in [1.82, 2.24) is 0 Å². The highest BCUT2D eigenvalue weighted by atomic mass is 14.0. The predicted molar refractivity (Wildman–Crippen MR) is 188 cm³/mol. The van der Waals surface area contributed by atoms with Crippen LogP contribution in [0.4, 0.5) is 0 Å². The maximum atomic E-state index is 3.66. The van der Waals surface area contributed by atoms with Crippen LogP contribution in [0.25, 0.3) is 0 Å². The van der Waals surface area contributed by atoms with Gasteiger partial charge in [-0.25, -0.2) is 0 Å². The van der Waals surface area contributed by atoms with E-state index in [9.17, 15) is 0 Å². The number of hydrogen-bond donors (Lipinski definition) is 0. The van der Waals surface area contributed by atoms with Crippen LogP contribution in [0.5, 0.6) is 0 Å². The summed E-state index contributed by atoms with van der Waals surface area (Å²) in [5.41, 5.74) is 0. The Morgan fingerprint density at radius 1 is 0.486 bits per heavy atom. The Labute approximate surface area is 234 Å². The lowest BCUT2D eigenvalue weighted by Crippen LogP contribution is -1.84. The van der Waals surface area contributed by atoms with Crippen molar-refractivity contribution >= 4 is 0 Å². The van der Waals surface area contributed by atoms with Gasteiger partial charge in [0.2, 0.25) is 0 Å². The van der Waals surface area contributed by atoms with E-state index in [1.165, 1.54) is 38.5 Å². The van der Waals surface area contributed by atoms with Crippen LogP contribution in [0.1, 0.15) is 159 Å². The molecule has 0 N–H and O–H groups in total. The van der Waals surface area contributed by atoms with Crippen LogP contribution >= 0.6 is 0 Å². The first kappa shape index (κ1) is 84.1. The van der Waals surface area contributed by atoms with E-state index < -0.39 is 0 Å². The van der Waals surface area contributed by atoms with Crippen LogP contribution in [-0.2, 0) is 0 Å². The van der Waals surface area contributed by atoms with E-state index in [1.54, 1.807) is 6.08 Å². The lowest BCUT2D eigenvalue weighted by Gasteiger charge is -1.99. The summed E-state index contributed by atoms with van der Waals surface area (Å²) >= 11 is 0. The quantitative estimate of drug-likeness (QED) is 0.204. The van der Waals surface area contributed by atoms with Gasteiger partial charge in [-0.1, -0.05) is 144 Å². The van der Waals surface area contributed by atoms with Gasteiger partial charge in [-0.3, -0.25) is 0 Å². The van der Waals surface area contributed by atoms with Crippen molar-refractivity contribution in [3.63, 3.8) is 0 Å². The highest BCUT2D eigenvalue weighted by molar-refractivity contribution is 4.66. The van der Waals surface area contributed by atoms with Gasteiger partial charge in [0.15, 0.2) is 0 Å². The Morgan fingerprint density at radius 3 is 0.743 bits per heavy atom. The molecule has 0 bridgehead atoms. The third kappa shape index (κ3) is 269. The second kappa shape index (κ2) is 105. The van der Waals surface area contributed by atoms with Crippen molar-refractivity contribution in [2.75, 3.05) is 0 Å². The normalized spacial score (nSPS) is 6.31. The van der Waals surface area contributed by atoms with Crippen LogP contribution in [-0.4, -0.2) is 0 Å². The zero-order valence-corrected chi connectivity index (χ0v) is 20.2. The first-order chi connectivity index (χ1) is 12.8. The third-order valence-electron chi connectivity index (χ3n) is 2.96. The molecule has 0 heterocycles. The van der Waals surface area contributed by atoms with Crippen LogP contribution < -0.4 is 0 Å². The molecule has 0 nitrogen and oxygen atoms in total. The molecular formula is C35H86. The lowest BCUT2D eigenvalue weighted by molar-refractivity contribution is 0.560. The Morgan fingerprint density at radius 2 is 0.657 bits per heavy atom. The molecule has 0 saturated carbocycles. The van der Waals surface area contributed by atoms with E-state index in [1.807, 2.05) is 31.2 Å². The molecule has 0 radical (unpaired) electrons. The minimum Gasteiger partial charge on any atom is -0.103 e. The van der Waals surface area contributed by atoms with E-state index in [2.05, 4.69) is 74.4 Å². The molecule has 0 aliphatic rings. The summed E-state index contributed by atoms with van der Waals surface area (Å²) in [4.78, 5) is 0. The molecule has 0 atom stereocenters. The van der Waals surface area contributed by atoms with Crippen molar-refractivity contribution in [3.8, 4) is 0 Å². The maximum absolute atomic E-state index is 3.66. The second-order valence-electron chi connectivity index (χ2n) is 7.03. The number of unbranched alkanes of at least 4 members (excludes halogenated alkanes) is 2. The van der Waals surface area contributed by atoms with Crippen molar-refractivity contribution in [3.05, 3.63) is 63.3 Å². The summed E-state index contributed by atoms with van der Waals surface area (Å²) in [7, 11) is 0. The van der Waals surface area contributed by atoms with Gasteiger partial charge in [0.25, 0.3) is 0 Å². The molecule has 0 aromatic rings. The summed E-state index contributed by atoms with van der Waals surface area (Å²) in [6, 6.07) is 0. The molecule has 0 aliphatic heterocycles. The molecule has 0 amide bonds. The Hall–Kier alpha value is -1.30. The molecule has 0 heteroatoms. The van der Waals surface area contributed by atoms with Gasteiger partial charge in [0, 0.05) is 0 Å². The molecule has 0 fully saturated rings. The highest BCUT2D eigenvalue weighted by Crippen LogP contribution is 2.06. The number of hydrogen-bond acceptors (Lipinski definition) is 0. The SMILES string of the molecule is C.C.C.C.C.C.C.C.C=CC.C=CCC.C=CCC.C=CCCCC(C)C.C=CCCCC(C)C. The number of allylic oxidation sites excluding steroid dienone is 5. The summed E-state index contributed by atoms with van der Waals surface area (Å²) in [5, 5.41) is 0. The predicted octanol–water partition coefficient (Wildman–Crippen LogP) is 15.4. The third-order valence-corrected chi connectivity index (χ3v) is 2.96. The summed E-state index contributed by atoms with van der Waals surface area (Å²) < 4.78 is 0. The van der Waals surface area contributed by atoms with Crippen LogP contribution in [0.3, 0.4) is 0 Å². The van der Waals surface area contributed by atoms with E-state index in [-0.39, 0.29) is 59.4 Å². The standard InChI is InChI=1S/2C8H16.2C4H8.C3H6.8CH4/c2*1-4-5-6-7-8(2)3;2*1-3-4-2;1-3-2;;;;;;;;/h2*4,8H,1,5-7H2,2-3H3;2*3H,1,4H2,2H3;3H,1H2,2H3;8*1H4. The molecule has 0 aromatic carbocycles. The van der Waals surface area contributed by atoms with Crippen LogP contribution in [0.15, 0.2) is 63.3 Å². The van der Waals surface area contributed by atoms with Crippen molar-refractivity contribution in [2.45, 2.75) is 159 Å². The number of rotatable bonds is 10. The Kier molecular flexibility index (Phi) is 252. The van der Waals surface area contributed by atoms with E-state index in [0.29, 0.717) is 0 Å². The average molecular weight is 507 g/mol. The van der Waals surface area contributed by atoms with Gasteiger partial charge in [0.1, 0.15) is 0 Å². The van der Waals surface area contributed by atoms with Crippen molar-refractivity contribution < 1.29 is 0 Å².